The molecule has 1 unspecified atom stereocenters. The second-order valence-electron chi connectivity index (χ2n) is 4.34. The van der Waals surface area contributed by atoms with E-state index in [0.717, 1.165) is 23.0 Å². The molecule has 1 heterocycles. The Balaban J connectivity index is 2.25. The first-order valence-corrected chi connectivity index (χ1v) is 8.87. The van der Waals surface area contributed by atoms with Crippen LogP contribution in [0.1, 0.15) is 12.0 Å². The molecule has 0 aliphatic carbocycles. The number of rotatable bonds is 4. The zero-order valence-corrected chi connectivity index (χ0v) is 13.7. The third-order valence-electron chi connectivity index (χ3n) is 2.87. The summed E-state index contributed by atoms with van der Waals surface area (Å²) >= 11 is 2.16. The van der Waals surface area contributed by atoms with Crippen LogP contribution in [-0.4, -0.2) is 31.9 Å². The summed E-state index contributed by atoms with van der Waals surface area (Å²) in [4.78, 5) is 11.8. The molecule has 1 aliphatic rings. The van der Waals surface area contributed by atoms with Gasteiger partial charge in [-0.2, -0.15) is 17.6 Å². The fourth-order valence-electron chi connectivity index (χ4n) is 1.91. The van der Waals surface area contributed by atoms with Gasteiger partial charge in [-0.1, -0.05) is 22.6 Å². The van der Waals surface area contributed by atoms with Crippen molar-refractivity contribution in [3.8, 4) is 0 Å². The molecule has 1 atom stereocenters. The van der Waals surface area contributed by atoms with Crippen molar-refractivity contribution in [3.05, 3.63) is 29.8 Å². The van der Waals surface area contributed by atoms with Crippen LogP contribution in [-0.2, 0) is 22.0 Å². The highest BCUT2D eigenvalue weighted by atomic mass is 127. The average Bonchev–Trinajstić information content (AvgIpc) is 2.70. The second-order valence-corrected chi connectivity index (χ2v) is 6.70. The molecule has 1 amide bonds. The normalized spacial score (nSPS) is 19.4. The Morgan fingerprint density at radius 1 is 1.24 bits per heavy atom. The summed E-state index contributed by atoms with van der Waals surface area (Å²) in [5, 5.41) is 1.34. The van der Waals surface area contributed by atoms with E-state index in [9.17, 15) is 22.2 Å². The van der Waals surface area contributed by atoms with Crippen molar-refractivity contribution in [2.24, 2.45) is 0 Å². The predicted molar refractivity (Wildman–Crippen MR) is 82.1 cm³/mol. The molecular weight excluding hydrogens is 420 g/mol. The number of benzene rings is 1. The van der Waals surface area contributed by atoms with Gasteiger partial charge in [-0.05, 0) is 30.7 Å². The van der Waals surface area contributed by atoms with Gasteiger partial charge in [-0.15, -0.1) is 0 Å². The minimum absolute atomic E-state index is 0.137. The molecule has 0 saturated carbocycles. The predicted octanol–water partition coefficient (Wildman–Crippen LogP) is 2.76. The van der Waals surface area contributed by atoms with Crippen molar-refractivity contribution in [1.82, 2.24) is 5.01 Å². The summed E-state index contributed by atoms with van der Waals surface area (Å²) in [6, 6.07) is 4.31. The fraction of sp³-hybridized carbons (Fsp3) is 0.417. The number of hydrazine groups is 1. The lowest BCUT2D eigenvalue weighted by atomic mass is 10.2. The van der Waals surface area contributed by atoms with Crippen LogP contribution in [0.2, 0.25) is 0 Å². The zero-order valence-electron chi connectivity index (χ0n) is 10.8. The topological polar surface area (TPSA) is 40.6 Å². The highest BCUT2D eigenvalue weighted by molar-refractivity contribution is 14.1. The van der Waals surface area contributed by atoms with E-state index in [0.29, 0.717) is 12.2 Å². The fourth-order valence-corrected chi connectivity index (χ4v) is 3.49. The van der Waals surface area contributed by atoms with Gasteiger partial charge in [0.15, 0.2) is 0 Å². The van der Waals surface area contributed by atoms with Crippen LogP contribution in [0.25, 0.3) is 0 Å². The quantitative estimate of drug-likeness (QED) is 0.543. The number of anilines is 1. The number of amides is 1. The van der Waals surface area contributed by atoms with Gasteiger partial charge in [0.1, 0.15) is 16.7 Å². The maximum Gasteiger partial charge on any atom is 0.416 e. The average molecular weight is 432 g/mol. The Bertz CT molecular complexity index is 550. The second kappa shape index (κ2) is 6.51. The number of nitrogens with zero attached hydrogens (tertiary/aromatic N) is 2. The first-order valence-electron chi connectivity index (χ1n) is 6.06. The Morgan fingerprint density at radius 2 is 1.86 bits per heavy atom. The molecule has 2 rings (SSSR count). The van der Waals surface area contributed by atoms with Crippen molar-refractivity contribution >= 4 is 45.2 Å². The van der Waals surface area contributed by atoms with Gasteiger partial charge in [0.2, 0.25) is 0 Å². The Morgan fingerprint density at radius 3 is 2.38 bits per heavy atom. The molecule has 1 aromatic rings. The molecule has 1 aromatic carbocycles. The summed E-state index contributed by atoms with van der Waals surface area (Å²) in [5.74, 6) is -0.416. The Hall–Kier alpha value is -0.840. The lowest BCUT2D eigenvalue weighted by Gasteiger charge is -2.27. The van der Waals surface area contributed by atoms with Crippen LogP contribution in [0.15, 0.2) is 24.3 Å². The monoisotopic (exact) mass is 432 g/mol. The third kappa shape index (κ3) is 3.68. The molecule has 21 heavy (non-hydrogen) atoms. The van der Waals surface area contributed by atoms with E-state index >= 15 is 0 Å². The number of alkyl halides is 4. The Kier molecular flexibility index (Phi) is 5.12. The van der Waals surface area contributed by atoms with Crippen LogP contribution < -0.4 is 4.41 Å². The molecule has 1 aliphatic heterocycles. The van der Waals surface area contributed by atoms with E-state index in [1.807, 2.05) is 0 Å². The number of carbonyl (C=O) groups excluding carboxylic acids is 1. The Labute approximate surface area is 136 Å². The molecule has 0 N–H and O–H groups in total. The first-order chi connectivity index (χ1) is 9.84. The minimum atomic E-state index is -4.42. The van der Waals surface area contributed by atoms with E-state index < -0.39 is 22.7 Å². The van der Waals surface area contributed by atoms with Gasteiger partial charge in [0, 0.05) is 11.0 Å². The van der Waals surface area contributed by atoms with Crippen LogP contribution in [0.5, 0.6) is 0 Å². The molecule has 0 spiro atoms. The van der Waals surface area contributed by atoms with E-state index in [1.54, 1.807) is 0 Å². The van der Waals surface area contributed by atoms with Gasteiger partial charge in [0.25, 0.3) is 5.91 Å². The zero-order chi connectivity index (χ0) is 15.6. The van der Waals surface area contributed by atoms with Crippen LogP contribution in [0.4, 0.5) is 18.9 Å². The van der Waals surface area contributed by atoms with Crippen molar-refractivity contribution in [3.63, 3.8) is 0 Å². The molecular formula is C12H12F3IN2O2S. The molecule has 0 bridgehead atoms. The smallest absolute Gasteiger partial charge is 0.272 e. The van der Waals surface area contributed by atoms with Gasteiger partial charge in [0.05, 0.1) is 11.3 Å². The van der Waals surface area contributed by atoms with E-state index in [4.69, 9.17) is 0 Å². The SMILES string of the molecule is O=C1CS(=O)N(c2ccc(C(F)(F)F)cc2)N1CCCI. The summed E-state index contributed by atoms with van der Waals surface area (Å²) in [6.07, 6.45) is -3.69. The number of hydrogen-bond acceptors (Lipinski definition) is 2. The lowest BCUT2D eigenvalue weighted by Crippen LogP contribution is -2.40. The molecule has 0 radical (unpaired) electrons. The summed E-state index contributed by atoms with van der Waals surface area (Å²) in [6.45, 7) is 0.397. The van der Waals surface area contributed by atoms with E-state index in [2.05, 4.69) is 22.6 Å². The van der Waals surface area contributed by atoms with Gasteiger partial charge in [-0.3, -0.25) is 4.79 Å². The van der Waals surface area contributed by atoms with Gasteiger partial charge in [-0.25, -0.2) is 9.22 Å². The molecule has 116 valence electrons. The third-order valence-corrected chi connectivity index (χ3v) is 4.92. The summed E-state index contributed by atoms with van der Waals surface area (Å²) < 4.78 is 51.7. The molecule has 4 nitrogen and oxygen atoms in total. The molecule has 0 aromatic heterocycles. The first kappa shape index (κ1) is 16.5. The highest BCUT2D eigenvalue weighted by Gasteiger charge is 2.36. The van der Waals surface area contributed by atoms with Crippen molar-refractivity contribution in [2.75, 3.05) is 21.1 Å². The van der Waals surface area contributed by atoms with Crippen LogP contribution in [0.3, 0.4) is 0 Å². The van der Waals surface area contributed by atoms with E-state index in [1.165, 1.54) is 21.6 Å². The number of carbonyl (C=O) groups is 1. The summed E-state index contributed by atoms with van der Waals surface area (Å²) in [7, 11) is -1.58. The maximum absolute atomic E-state index is 12.5. The van der Waals surface area contributed by atoms with Gasteiger partial charge < -0.3 is 0 Å². The minimum Gasteiger partial charge on any atom is -0.272 e. The molecule has 9 heteroatoms. The highest BCUT2D eigenvalue weighted by Crippen LogP contribution is 2.32. The standard InChI is InChI=1S/C12H12F3IN2O2S/c13-12(14,15)9-2-4-10(5-3-9)18-17(7-1-6-16)11(19)8-21(18)20/h2-5H,1,6-8H2. The van der Waals surface area contributed by atoms with Gasteiger partial charge >= 0.3 is 6.18 Å². The maximum atomic E-state index is 12.5. The van der Waals surface area contributed by atoms with Crippen molar-refractivity contribution in [2.45, 2.75) is 12.6 Å². The van der Waals surface area contributed by atoms with Crippen molar-refractivity contribution < 1.29 is 22.2 Å². The molecule has 1 fully saturated rings. The van der Waals surface area contributed by atoms with Crippen LogP contribution >= 0.6 is 22.6 Å². The summed E-state index contributed by atoms with van der Waals surface area (Å²) in [5.41, 5.74) is -0.456. The van der Waals surface area contributed by atoms with E-state index in [-0.39, 0.29) is 11.7 Å². The lowest BCUT2D eigenvalue weighted by molar-refractivity contribution is -0.137. The molecule has 1 saturated heterocycles. The van der Waals surface area contributed by atoms with Crippen LogP contribution in [0, 0.1) is 0 Å². The van der Waals surface area contributed by atoms with Crippen molar-refractivity contribution in [1.29, 1.82) is 0 Å². The largest absolute Gasteiger partial charge is 0.416 e. The number of halogens is 4. The number of hydrogen-bond donors (Lipinski definition) is 0.